The van der Waals surface area contributed by atoms with Crippen molar-refractivity contribution in [3.05, 3.63) is 15.6 Å². The van der Waals surface area contributed by atoms with Crippen LogP contribution < -0.4 is 10.6 Å². The maximum atomic E-state index is 4.68. The fourth-order valence-electron chi connectivity index (χ4n) is 2.85. The number of guanidine groups is 1. The summed E-state index contributed by atoms with van der Waals surface area (Å²) in [4.78, 5) is 10.4. The van der Waals surface area contributed by atoms with Crippen molar-refractivity contribution in [1.82, 2.24) is 15.6 Å². The molecule has 0 unspecified atom stereocenters. The molecule has 0 amide bonds. The molecule has 0 aliphatic heterocycles. The van der Waals surface area contributed by atoms with Crippen LogP contribution in [0, 0.1) is 6.92 Å². The van der Waals surface area contributed by atoms with E-state index >= 15 is 0 Å². The van der Waals surface area contributed by atoms with E-state index in [1.54, 1.807) is 0 Å². The van der Waals surface area contributed by atoms with Gasteiger partial charge in [0.25, 0.3) is 0 Å². The summed E-state index contributed by atoms with van der Waals surface area (Å²) in [6, 6.07) is 0.596. The number of nitrogens with zero attached hydrogens (tertiary/aromatic N) is 2. The van der Waals surface area contributed by atoms with Crippen molar-refractivity contribution in [3.8, 4) is 0 Å². The van der Waals surface area contributed by atoms with Crippen molar-refractivity contribution in [2.75, 3.05) is 13.6 Å². The first-order chi connectivity index (χ1) is 10.2. The molecule has 1 aromatic rings. The van der Waals surface area contributed by atoms with E-state index in [2.05, 4.69) is 34.5 Å². The van der Waals surface area contributed by atoms with Gasteiger partial charge in [-0.2, -0.15) is 0 Å². The van der Waals surface area contributed by atoms with Crippen molar-refractivity contribution < 1.29 is 0 Å². The molecule has 0 atom stereocenters. The van der Waals surface area contributed by atoms with E-state index in [1.807, 2.05) is 18.4 Å². The molecular weight excluding hydrogens is 407 g/mol. The van der Waals surface area contributed by atoms with Crippen LogP contribution >= 0.6 is 35.3 Å². The normalized spacial score (nSPS) is 16.2. The van der Waals surface area contributed by atoms with Gasteiger partial charge in [0.1, 0.15) is 0 Å². The number of halogens is 1. The van der Waals surface area contributed by atoms with Gasteiger partial charge in [0.15, 0.2) is 5.96 Å². The molecular formula is C16H29IN4S. The molecule has 126 valence electrons. The smallest absolute Gasteiger partial charge is 0.191 e. The molecule has 1 heterocycles. The zero-order valence-corrected chi connectivity index (χ0v) is 17.1. The Hall–Kier alpha value is -0.370. The van der Waals surface area contributed by atoms with Gasteiger partial charge in [0.05, 0.1) is 10.7 Å². The Bertz CT molecular complexity index is 467. The maximum Gasteiger partial charge on any atom is 0.191 e. The largest absolute Gasteiger partial charge is 0.356 e. The molecule has 6 heteroatoms. The number of hydrogen-bond acceptors (Lipinski definition) is 3. The van der Waals surface area contributed by atoms with Gasteiger partial charge in [0.2, 0.25) is 0 Å². The van der Waals surface area contributed by atoms with Crippen LogP contribution in [-0.2, 0) is 12.8 Å². The maximum absolute atomic E-state index is 4.68. The molecule has 1 saturated carbocycles. The van der Waals surface area contributed by atoms with Crippen LogP contribution in [-0.4, -0.2) is 30.6 Å². The molecule has 0 bridgehead atoms. The van der Waals surface area contributed by atoms with Gasteiger partial charge in [-0.1, -0.05) is 26.2 Å². The monoisotopic (exact) mass is 436 g/mol. The first-order valence-electron chi connectivity index (χ1n) is 8.15. The van der Waals surface area contributed by atoms with E-state index in [-0.39, 0.29) is 24.0 Å². The highest BCUT2D eigenvalue weighted by Gasteiger charge is 2.14. The fourth-order valence-corrected chi connectivity index (χ4v) is 3.87. The summed E-state index contributed by atoms with van der Waals surface area (Å²) >= 11 is 1.82. The van der Waals surface area contributed by atoms with Gasteiger partial charge >= 0.3 is 0 Å². The van der Waals surface area contributed by atoms with E-state index in [1.165, 1.54) is 47.7 Å². The first kappa shape index (κ1) is 19.7. The number of aryl methyl sites for hydroxylation is 2. The second kappa shape index (κ2) is 10.4. The second-order valence-corrected chi connectivity index (χ2v) is 6.98. The number of nitrogens with one attached hydrogen (secondary N) is 2. The molecule has 1 aliphatic rings. The zero-order chi connectivity index (χ0) is 15.1. The summed E-state index contributed by atoms with van der Waals surface area (Å²) in [5.74, 6) is 0.936. The summed E-state index contributed by atoms with van der Waals surface area (Å²) in [6.45, 7) is 5.22. The van der Waals surface area contributed by atoms with Crippen LogP contribution in [0.15, 0.2) is 4.99 Å². The van der Waals surface area contributed by atoms with E-state index in [9.17, 15) is 0 Å². The highest BCUT2D eigenvalue weighted by Crippen LogP contribution is 2.18. The van der Waals surface area contributed by atoms with Crippen LogP contribution in [0.2, 0.25) is 0 Å². The van der Waals surface area contributed by atoms with Crippen molar-refractivity contribution in [2.24, 2.45) is 4.99 Å². The topological polar surface area (TPSA) is 49.3 Å². The highest BCUT2D eigenvalue weighted by molar-refractivity contribution is 14.0. The minimum atomic E-state index is 0. The highest BCUT2D eigenvalue weighted by atomic mass is 127. The van der Waals surface area contributed by atoms with E-state index in [0.717, 1.165) is 25.3 Å². The molecule has 2 N–H and O–H groups in total. The van der Waals surface area contributed by atoms with Gasteiger partial charge in [-0.3, -0.25) is 4.99 Å². The second-order valence-electron chi connectivity index (χ2n) is 5.69. The molecule has 1 aromatic heterocycles. The first-order valence-corrected chi connectivity index (χ1v) is 8.97. The lowest BCUT2D eigenvalue weighted by Gasteiger charge is -2.24. The number of aliphatic imine (C=N–C) groups is 1. The quantitative estimate of drug-likeness (QED) is 0.421. The van der Waals surface area contributed by atoms with Gasteiger partial charge in [-0.25, -0.2) is 4.98 Å². The lowest BCUT2D eigenvalue weighted by Crippen LogP contribution is -2.44. The Balaban J connectivity index is 0.00000242. The van der Waals surface area contributed by atoms with Crippen LogP contribution in [0.5, 0.6) is 0 Å². The third-order valence-electron chi connectivity index (χ3n) is 4.07. The number of rotatable bonds is 5. The summed E-state index contributed by atoms with van der Waals surface area (Å²) in [5, 5.41) is 8.19. The number of aromatic nitrogens is 1. The van der Waals surface area contributed by atoms with Crippen molar-refractivity contribution >= 4 is 41.3 Å². The minimum Gasteiger partial charge on any atom is -0.356 e. The molecule has 1 aliphatic carbocycles. The third kappa shape index (κ3) is 6.02. The lowest BCUT2D eigenvalue weighted by molar-refractivity contribution is 0.410. The van der Waals surface area contributed by atoms with E-state index in [0.29, 0.717) is 6.04 Å². The van der Waals surface area contributed by atoms with Crippen LogP contribution in [0.25, 0.3) is 0 Å². The van der Waals surface area contributed by atoms with E-state index < -0.39 is 0 Å². The van der Waals surface area contributed by atoms with Crippen LogP contribution in [0.4, 0.5) is 0 Å². The van der Waals surface area contributed by atoms with Gasteiger partial charge in [-0.05, 0) is 26.2 Å². The van der Waals surface area contributed by atoms with Gasteiger partial charge in [0, 0.05) is 30.9 Å². The molecule has 0 radical (unpaired) electrons. The molecule has 0 saturated heterocycles. The van der Waals surface area contributed by atoms with Gasteiger partial charge in [-0.15, -0.1) is 35.3 Å². The predicted octanol–water partition coefficient (Wildman–Crippen LogP) is 3.67. The molecule has 2 rings (SSSR count). The SMILES string of the molecule is CCc1nc(CCNC(=NC)NC2CCCCC2)sc1C.I. The number of thiazole rings is 1. The summed E-state index contributed by atoms with van der Waals surface area (Å²) in [5.41, 5.74) is 1.25. The predicted molar refractivity (Wildman–Crippen MR) is 107 cm³/mol. The van der Waals surface area contributed by atoms with Crippen LogP contribution in [0.1, 0.15) is 54.6 Å². The average molecular weight is 436 g/mol. The summed E-state index contributed by atoms with van der Waals surface area (Å²) in [7, 11) is 1.85. The Morgan fingerprint density at radius 2 is 2.05 bits per heavy atom. The third-order valence-corrected chi connectivity index (χ3v) is 5.15. The lowest BCUT2D eigenvalue weighted by atomic mass is 9.96. The minimum absolute atomic E-state index is 0. The zero-order valence-electron chi connectivity index (χ0n) is 13.9. The molecule has 1 fully saturated rings. The van der Waals surface area contributed by atoms with E-state index in [4.69, 9.17) is 0 Å². The van der Waals surface area contributed by atoms with Gasteiger partial charge < -0.3 is 10.6 Å². The molecule has 22 heavy (non-hydrogen) atoms. The summed E-state index contributed by atoms with van der Waals surface area (Å²) < 4.78 is 0. The van der Waals surface area contributed by atoms with Crippen LogP contribution in [0.3, 0.4) is 0 Å². The molecule has 0 aromatic carbocycles. The van der Waals surface area contributed by atoms with Crippen molar-refractivity contribution in [3.63, 3.8) is 0 Å². The Labute approximate surface area is 155 Å². The Morgan fingerprint density at radius 3 is 2.64 bits per heavy atom. The standard InChI is InChI=1S/C16H28N4S.HI/c1-4-14-12(2)21-15(20-14)10-11-18-16(17-3)19-13-8-6-5-7-9-13;/h13H,4-11H2,1-3H3,(H2,17,18,19);1H. The fraction of sp³-hybridized carbons (Fsp3) is 0.750. The summed E-state index contributed by atoms with van der Waals surface area (Å²) in [6.07, 6.45) is 8.60. The Morgan fingerprint density at radius 1 is 1.32 bits per heavy atom. The molecule has 0 spiro atoms. The Kier molecular flexibility index (Phi) is 9.31. The van der Waals surface area contributed by atoms with Crippen molar-refractivity contribution in [1.29, 1.82) is 0 Å². The van der Waals surface area contributed by atoms with Crippen molar-refractivity contribution in [2.45, 2.75) is 64.8 Å². The molecule has 4 nitrogen and oxygen atoms in total. The average Bonchev–Trinajstić information content (AvgIpc) is 2.87. The number of hydrogen-bond donors (Lipinski definition) is 2.